The number of ether oxygens (including phenoxy) is 1. The molecule has 1 aromatic heterocycles. The first-order valence-corrected chi connectivity index (χ1v) is 15.2. The van der Waals surface area contributed by atoms with E-state index in [9.17, 15) is 39.6 Å². The lowest BCUT2D eigenvalue weighted by atomic mass is 9.81. The SMILES string of the molecule is Cc1ccccc1-c1cc(Oc2ccc(S(C)(=O)=O)cc2)ncc1N(C)C(=O)C(C)(C)c1cc(C(F)(F)F)cc(C(F)(F)F)c1. The van der Waals surface area contributed by atoms with E-state index in [2.05, 4.69) is 4.98 Å². The molecule has 0 radical (unpaired) electrons. The Kier molecular flexibility index (Phi) is 8.82. The molecule has 45 heavy (non-hydrogen) atoms. The molecule has 0 bridgehead atoms. The summed E-state index contributed by atoms with van der Waals surface area (Å²) in [5.74, 6) is -0.442. The van der Waals surface area contributed by atoms with E-state index in [0.717, 1.165) is 16.7 Å². The number of rotatable bonds is 7. The highest BCUT2D eigenvalue weighted by Crippen LogP contribution is 2.41. The standard InChI is InChI=1S/C32H28F6N2O4S/c1-19-8-6-7-9-25(19)26-17-28(44-23-10-12-24(13-11-23)45(5,42)43)39-18-27(26)40(4)29(41)30(2,3)20-14-21(31(33,34)35)16-22(15-20)32(36,37)38/h6-18H,1-5H3. The predicted octanol–water partition coefficient (Wildman–Crippen LogP) is 8.23. The zero-order valence-electron chi connectivity index (χ0n) is 24.7. The number of benzene rings is 3. The molecule has 4 aromatic rings. The number of carbonyl (C=O) groups excluding carboxylic acids is 1. The summed E-state index contributed by atoms with van der Waals surface area (Å²) in [7, 11) is -2.08. The van der Waals surface area contributed by atoms with Crippen LogP contribution in [0.1, 0.15) is 36.1 Å². The van der Waals surface area contributed by atoms with Gasteiger partial charge in [0, 0.05) is 24.9 Å². The molecular weight excluding hydrogens is 622 g/mol. The van der Waals surface area contributed by atoms with Crippen LogP contribution in [0.2, 0.25) is 0 Å². The zero-order chi connectivity index (χ0) is 33.5. The van der Waals surface area contributed by atoms with Crippen LogP contribution in [0.25, 0.3) is 11.1 Å². The maximum atomic E-state index is 13.9. The highest BCUT2D eigenvalue weighted by molar-refractivity contribution is 7.90. The van der Waals surface area contributed by atoms with Crippen molar-refractivity contribution in [2.75, 3.05) is 18.2 Å². The van der Waals surface area contributed by atoms with Crippen molar-refractivity contribution in [2.24, 2.45) is 0 Å². The van der Waals surface area contributed by atoms with Crippen molar-refractivity contribution in [2.45, 2.75) is 43.4 Å². The topological polar surface area (TPSA) is 76.6 Å². The van der Waals surface area contributed by atoms with E-state index in [0.29, 0.717) is 23.3 Å². The van der Waals surface area contributed by atoms with Gasteiger partial charge in [-0.3, -0.25) is 4.79 Å². The second-order valence-corrected chi connectivity index (χ2v) is 13.0. The van der Waals surface area contributed by atoms with Crippen LogP contribution in [0, 0.1) is 6.92 Å². The summed E-state index contributed by atoms with van der Waals surface area (Å²) in [5.41, 5.74) is -3.25. The molecule has 0 fully saturated rings. The van der Waals surface area contributed by atoms with Crippen molar-refractivity contribution in [1.82, 2.24) is 4.98 Å². The molecule has 1 amide bonds. The molecule has 0 N–H and O–H groups in total. The average Bonchev–Trinajstić information content (AvgIpc) is 2.95. The van der Waals surface area contributed by atoms with Gasteiger partial charge in [-0.2, -0.15) is 26.3 Å². The van der Waals surface area contributed by atoms with E-state index in [1.165, 1.54) is 57.4 Å². The number of hydrogen-bond acceptors (Lipinski definition) is 5. The third kappa shape index (κ3) is 7.30. The van der Waals surface area contributed by atoms with E-state index < -0.39 is 50.2 Å². The highest BCUT2D eigenvalue weighted by atomic mass is 32.2. The van der Waals surface area contributed by atoms with Gasteiger partial charge in [0.15, 0.2) is 9.84 Å². The molecule has 0 aliphatic carbocycles. The number of carbonyl (C=O) groups is 1. The minimum absolute atomic E-state index is 0.0153. The molecule has 0 atom stereocenters. The van der Waals surface area contributed by atoms with Crippen LogP contribution in [0.3, 0.4) is 0 Å². The Labute approximate surface area is 256 Å². The third-order valence-electron chi connectivity index (χ3n) is 7.28. The quantitative estimate of drug-likeness (QED) is 0.189. The number of amides is 1. The minimum Gasteiger partial charge on any atom is -0.439 e. The second kappa shape index (κ2) is 11.8. The van der Waals surface area contributed by atoms with Gasteiger partial charge in [0.25, 0.3) is 0 Å². The number of hydrogen-bond donors (Lipinski definition) is 0. The maximum Gasteiger partial charge on any atom is 0.416 e. The molecule has 0 spiro atoms. The molecule has 0 saturated heterocycles. The van der Waals surface area contributed by atoms with Crippen LogP contribution in [0.15, 0.2) is 83.9 Å². The van der Waals surface area contributed by atoms with Gasteiger partial charge in [0.05, 0.1) is 33.3 Å². The number of sulfone groups is 1. The molecule has 0 unspecified atom stereocenters. The van der Waals surface area contributed by atoms with Crippen LogP contribution < -0.4 is 9.64 Å². The number of nitrogens with zero attached hydrogens (tertiary/aromatic N) is 2. The first-order valence-electron chi connectivity index (χ1n) is 13.3. The Morgan fingerprint density at radius 1 is 0.800 bits per heavy atom. The lowest BCUT2D eigenvalue weighted by Crippen LogP contribution is -2.42. The number of anilines is 1. The summed E-state index contributed by atoms with van der Waals surface area (Å²) in [4.78, 5) is 19.4. The smallest absolute Gasteiger partial charge is 0.416 e. The lowest BCUT2D eigenvalue weighted by molar-refractivity contribution is -0.143. The Morgan fingerprint density at radius 3 is 1.84 bits per heavy atom. The van der Waals surface area contributed by atoms with Crippen molar-refractivity contribution < 1.29 is 44.3 Å². The predicted molar refractivity (Wildman–Crippen MR) is 157 cm³/mol. The van der Waals surface area contributed by atoms with E-state index in [1.807, 2.05) is 13.0 Å². The fraction of sp³-hybridized carbons (Fsp3) is 0.250. The number of pyridine rings is 1. The van der Waals surface area contributed by atoms with Gasteiger partial charge in [-0.1, -0.05) is 24.3 Å². The Morgan fingerprint density at radius 2 is 1.33 bits per heavy atom. The first-order chi connectivity index (χ1) is 20.7. The summed E-state index contributed by atoms with van der Waals surface area (Å²) in [5, 5.41) is 0. The normalized spacial score (nSPS) is 12.6. The molecule has 0 saturated carbocycles. The lowest BCUT2D eigenvalue weighted by Gasteiger charge is -2.32. The zero-order valence-corrected chi connectivity index (χ0v) is 25.5. The number of aromatic nitrogens is 1. The number of likely N-dealkylation sites (N-methyl/N-ethyl adjacent to an activating group) is 1. The molecule has 0 aliphatic heterocycles. The molecular formula is C32H28F6N2O4S. The van der Waals surface area contributed by atoms with Gasteiger partial charge in [-0.05, 0) is 79.9 Å². The van der Waals surface area contributed by atoms with Crippen molar-refractivity contribution in [3.05, 3.63) is 101 Å². The van der Waals surface area contributed by atoms with Gasteiger partial charge in [-0.25, -0.2) is 13.4 Å². The Bertz CT molecular complexity index is 1820. The van der Waals surface area contributed by atoms with Crippen molar-refractivity contribution in [3.63, 3.8) is 0 Å². The number of alkyl halides is 6. The maximum absolute atomic E-state index is 13.9. The van der Waals surface area contributed by atoms with Crippen LogP contribution in [0.5, 0.6) is 11.6 Å². The average molecular weight is 651 g/mol. The van der Waals surface area contributed by atoms with E-state index in [1.54, 1.807) is 18.2 Å². The fourth-order valence-electron chi connectivity index (χ4n) is 4.69. The van der Waals surface area contributed by atoms with Crippen LogP contribution >= 0.6 is 0 Å². The summed E-state index contributed by atoms with van der Waals surface area (Å²) < 4.78 is 111. The summed E-state index contributed by atoms with van der Waals surface area (Å²) in [6, 6.07) is 15.4. The summed E-state index contributed by atoms with van der Waals surface area (Å²) in [6.45, 7) is 4.32. The summed E-state index contributed by atoms with van der Waals surface area (Å²) in [6.07, 6.45) is -7.78. The van der Waals surface area contributed by atoms with Gasteiger partial charge < -0.3 is 9.64 Å². The summed E-state index contributed by atoms with van der Waals surface area (Å²) >= 11 is 0. The molecule has 0 aliphatic rings. The number of halogens is 6. The van der Waals surface area contributed by atoms with Crippen LogP contribution in [-0.2, 0) is 32.4 Å². The monoisotopic (exact) mass is 650 g/mol. The molecule has 6 nitrogen and oxygen atoms in total. The van der Waals surface area contributed by atoms with E-state index in [-0.39, 0.29) is 28.3 Å². The van der Waals surface area contributed by atoms with Crippen LogP contribution in [0.4, 0.5) is 32.0 Å². The highest BCUT2D eigenvalue weighted by Gasteiger charge is 2.41. The van der Waals surface area contributed by atoms with Crippen molar-refractivity contribution in [3.8, 4) is 22.8 Å². The second-order valence-electron chi connectivity index (χ2n) is 11.0. The largest absolute Gasteiger partial charge is 0.439 e. The first kappa shape index (κ1) is 33.5. The fourth-order valence-corrected chi connectivity index (χ4v) is 5.32. The molecule has 13 heteroatoms. The minimum atomic E-state index is -5.08. The van der Waals surface area contributed by atoms with Crippen LogP contribution in [-0.4, -0.2) is 32.6 Å². The van der Waals surface area contributed by atoms with E-state index >= 15 is 0 Å². The van der Waals surface area contributed by atoms with Gasteiger partial charge in [0.1, 0.15) is 5.75 Å². The molecule has 3 aromatic carbocycles. The molecule has 1 heterocycles. The molecule has 238 valence electrons. The van der Waals surface area contributed by atoms with Crippen molar-refractivity contribution in [1.29, 1.82) is 0 Å². The van der Waals surface area contributed by atoms with Gasteiger partial charge in [-0.15, -0.1) is 0 Å². The van der Waals surface area contributed by atoms with Gasteiger partial charge in [0.2, 0.25) is 11.8 Å². The Balaban J connectivity index is 1.78. The van der Waals surface area contributed by atoms with Crippen molar-refractivity contribution >= 4 is 21.4 Å². The van der Waals surface area contributed by atoms with Gasteiger partial charge >= 0.3 is 12.4 Å². The number of aryl methyl sites for hydroxylation is 1. The third-order valence-corrected chi connectivity index (χ3v) is 8.41. The van der Waals surface area contributed by atoms with E-state index in [4.69, 9.17) is 4.74 Å². The Hall–Kier alpha value is -4.39. The molecule has 4 rings (SSSR count).